The number of methoxy groups -OCH3 is 1. The maximum atomic E-state index is 5.44. The Labute approximate surface area is 89.8 Å². The van der Waals surface area contributed by atoms with E-state index in [0.29, 0.717) is 13.0 Å². The van der Waals surface area contributed by atoms with Crippen molar-refractivity contribution in [2.45, 2.75) is 39.0 Å². The van der Waals surface area contributed by atoms with Crippen LogP contribution < -0.4 is 0 Å². The summed E-state index contributed by atoms with van der Waals surface area (Å²) >= 11 is 0. The quantitative estimate of drug-likeness (QED) is 0.406. The smallest absolute Gasteiger partial charge is 0.310 e. The highest BCUT2D eigenvalue weighted by Gasteiger charge is 2.45. The second kappa shape index (κ2) is 4.71. The second-order valence-electron chi connectivity index (χ2n) is 3.50. The fourth-order valence-corrected chi connectivity index (χ4v) is 1.09. The normalized spacial score (nSPS) is 27.5. The van der Waals surface area contributed by atoms with E-state index in [1.165, 1.54) is 7.11 Å². The molecule has 0 N–H and O–H groups in total. The average Bonchev–Trinajstić information content (AvgIpc) is 2.50. The van der Waals surface area contributed by atoms with Crippen molar-refractivity contribution in [3.63, 3.8) is 0 Å². The first-order valence-corrected chi connectivity index (χ1v) is 4.76. The largest absolute Gasteiger partial charge is 0.414 e. The number of hydrogen-bond donors (Lipinski definition) is 0. The Kier molecular flexibility index (Phi) is 3.80. The van der Waals surface area contributed by atoms with Crippen LogP contribution in [0.2, 0.25) is 0 Å². The third-order valence-corrected chi connectivity index (χ3v) is 1.74. The average molecular weight is 212 g/mol. The summed E-state index contributed by atoms with van der Waals surface area (Å²) in [6.07, 6.45) is -0.778. The SMILES string of the molecule is CC#CCCOC1(OC)N=NC(C)(C)O1. The highest BCUT2D eigenvalue weighted by atomic mass is 16.9. The third-order valence-electron chi connectivity index (χ3n) is 1.74. The van der Waals surface area contributed by atoms with Gasteiger partial charge in [-0.05, 0) is 20.8 Å². The van der Waals surface area contributed by atoms with Gasteiger partial charge in [0.25, 0.3) is 0 Å². The molecule has 1 unspecified atom stereocenters. The zero-order valence-corrected chi connectivity index (χ0v) is 9.53. The topological polar surface area (TPSA) is 52.4 Å². The molecule has 84 valence electrons. The Balaban J connectivity index is 2.48. The van der Waals surface area contributed by atoms with Gasteiger partial charge in [-0.3, -0.25) is 4.74 Å². The van der Waals surface area contributed by atoms with Gasteiger partial charge < -0.3 is 9.47 Å². The Morgan fingerprint density at radius 1 is 1.33 bits per heavy atom. The predicted molar refractivity (Wildman–Crippen MR) is 53.8 cm³/mol. The molecule has 0 spiro atoms. The zero-order valence-electron chi connectivity index (χ0n) is 9.53. The van der Waals surface area contributed by atoms with Gasteiger partial charge in [0.15, 0.2) is 5.72 Å². The van der Waals surface area contributed by atoms with Crippen LogP contribution in [0, 0.1) is 11.8 Å². The number of nitrogens with zero attached hydrogens (tertiary/aromatic N) is 2. The van der Waals surface area contributed by atoms with E-state index in [2.05, 4.69) is 22.1 Å². The molecule has 0 fully saturated rings. The predicted octanol–water partition coefficient (Wildman–Crippen LogP) is 1.89. The van der Waals surface area contributed by atoms with Gasteiger partial charge in [0.2, 0.25) is 0 Å². The highest BCUT2D eigenvalue weighted by Crippen LogP contribution is 2.32. The van der Waals surface area contributed by atoms with Crippen molar-refractivity contribution in [1.29, 1.82) is 0 Å². The first kappa shape index (κ1) is 12.1. The molecule has 0 saturated heterocycles. The van der Waals surface area contributed by atoms with Gasteiger partial charge in [-0.1, -0.05) is 5.11 Å². The van der Waals surface area contributed by atoms with Gasteiger partial charge in [-0.15, -0.1) is 11.8 Å². The molecule has 0 aromatic carbocycles. The van der Waals surface area contributed by atoms with E-state index in [0.717, 1.165) is 0 Å². The van der Waals surface area contributed by atoms with Crippen LogP contribution >= 0.6 is 0 Å². The van der Waals surface area contributed by atoms with Crippen LogP contribution in [0.3, 0.4) is 0 Å². The van der Waals surface area contributed by atoms with E-state index in [4.69, 9.17) is 14.2 Å². The van der Waals surface area contributed by atoms with Crippen molar-refractivity contribution in [2.24, 2.45) is 10.2 Å². The summed E-state index contributed by atoms with van der Waals surface area (Å²) in [5, 5.41) is 7.75. The van der Waals surface area contributed by atoms with E-state index in [-0.39, 0.29) is 0 Å². The maximum Gasteiger partial charge on any atom is 0.414 e. The monoisotopic (exact) mass is 212 g/mol. The summed E-state index contributed by atoms with van der Waals surface area (Å²) in [7, 11) is 1.46. The molecule has 0 saturated carbocycles. The molecule has 0 bridgehead atoms. The molecule has 1 rings (SSSR count). The number of azo groups is 1. The molecule has 1 atom stereocenters. The lowest BCUT2D eigenvalue weighted by Gasteiger charge is -2.24. The maximum absolute atomic E-state index is 5.44. The molecule has 0 aromatic rings. The standard InChI is InChI=1S/C10H16N2O3/c1-5-6-7-8-14-10(13-4)12-11-9(2,3)15-10/h7-8H2,1-4H3. The van der Waals surface area contributed by atoms with Gasteiger partial charge in [0, 0.05) is 13.5 Å². The van der Waals surface area contributed by atoms with Gasteiger partial charge in [0.05, 0.1) is 6.61 Å². The molecule has 1 aliphatic heterocycles. The minimum Gasteiger partial charge on any atom is -0.310 e. The lowest BCUT2D eigenvalue weighted by Crippen LogP contribution is -2.38. The van der Waals surface area contributed by atoms with Crippen LogP contribution in [0.25, 0.3) is 0 Å². The van der Waals surface area contributed by atoms with Crippen LogP contribution in [0.5, 0.6) is 0 Å². The Bertz CT molecular complexity index is 304. The van der Waals surface area contributed by atoms with E-state index in [9.17, 15) is 0 Å². The Morgan fingerprint density at radius 3 is 2.53 bits per heavy atom. The van der Waals surface area contributed by atoms with Crippen molar-refractivity contribution in [1.82, 2.24) is 0 Å². The van der Waals surface area contributed by atoms with E-state index < -0.39 is 11.8 Å². The van der Waals surface area contributed by atoms with Crippen LogP contribution in [-0.4, -0.2) is 25.5 Å². The molecule has 15 heavy (non-hydrogen) atoms. The van der Waals surface area contributed by atoms with Crippen LogP contribution in [0.4, 0.5) is 0 Å². The summed E-state index contributed by atoms with van der Waals surface area (Å²) in [5.74, 6) is 5.65. The van der Waals surface area contributed by atoms with Crippen molar-refractivity contribution in [3.05, 3.63) is 0 Å². The molecular formula is C10H16N2O3. The Hall–Kier alpha value is -0.960. The van der Waals surface area contributed by atoms with Crippen LogP contribution in [0.1, 0.15) is 27.2 Å². The second-order valence-corrected chi connectivity index (χ2v) is 3.50. The molecule has 5 nitrogen and oxygen atoms in total. The summed E-state index contributed by atoms with van der Waals surface area (Å²) in [6.45, 7) is 5.74. The fourth-order valence-electron chi connectivity index (χ4n) is 1.09. The summed E-state index contributed by atoms with van der Waals surface area (Å²) in [6, 6.07) is 0. The molecule has 1 aliphatic rings. The number of hydrogen-bond acceptors (Lipinski definition) is 5. The molecule has 0 radical (unpaired) electrons. The van der Waals surface area contributed by atoms with E-state index >= 15 is 0 Å². The fraction of sp³-hybridized carbons (Fsp3) is 0.800. The van der Waals surface area contributed by atoms with Gasteiger partial charge >= 0.3 is 6.10 Å². The van der Waals surface area contributed by atoms with Crippen LogP contribution in [-0.2, 0) is 14.2 Å². The Morgan fingerprint density at radius 2 is 2.07 bits per heavy atom. The van der Waals surface area contributed by atoms with Gasteiger partial charge in [0.1, 0.15) is 0 Å². The highest BCUT2D eigenvalue weighted by molar-refractivity contribution is 4.94. The first-order valence-electron chi connectivity index (χ1n) is 4.76. The third kappa shape index (κ3) is 3.27. The van der Waals surface area contributed by atoms with Crippen LogP contribution in [0.15, 0.2) is 10.2 Å². The lowest BCUT2D eigenvalue weighted by molar-refractivity contribution is -0.375. The van der Waals surface area contributed by atoms with Crippen molar-refractivity contribution in [2.75, 3.05) is 13.7 Å². The summed E-state index contributed by atoms with van der Waals surface area (Å²) in [5.41, 5.74) is -0.702. The number of rotatable bonds is 4. The molecule has 0 amide bonds. The molecule has 0 aliphatic carbocycles. The van der Waals surface area contributed by atoms with Gasteiger partial charge in [-0.2, -0.15) is 5.11 Å². The van der Waals surface area contributed by atoms with Crippen molar-refractivity contribution >= 4 is 0 Å². The molecular weight excluding hydrogens is 196 g/mol. The molecule has 1 heterocycles. The first-order chi connectivity index (χ1) is 7.04. The summed E-state index contributed by atoms with van der Waals surface area (Å²) < 4.78 is 15.9. The minimum atomic E-state index is -1.39. The van der Waals surface area contributed by atoms with Gasteiger partial charge in [-0.25, -0.2) is 0 Å². The lowest BCUT2D eigenvalue weighted by atomic mass is 10.3. The van der Waals surface area contributed by atoms with Crippen molar-refractivity contribution < 1.29 is 14.2 Å². The zero-order chi connectivity index (χ0) is 11.4. The minimum absolute atomic E-state index is 0.393. The van der Waals surface area contributed by atoms with E-state index in [1.807, 2.05) is 0 Å². The van der Waals surface area contributed by atoms with E-state index in [1.54, 1.807) is 20.8 Å². The molecule has 5 heteroatoms. The number of ether oxygens (including phenoxy) is 3. The summed E-state index contributed by atoms with van der Waals surface area (Å²) in [4.78, 5) is 0. The molecule has 0 aromatic heterocycles. The van der Waals surface area contributed by atoms with Crippen molar-refractivity contribution in [3.8, 4) is 11.8 Å².